The van der Waals surface area contributed by atoms with Crippen LogP contribution < -0.4 is 10.3 Å². The standard InChI is InChI=1S/C20H19ClN2O4S2/c1-29(25,26)22-15-3-4-17(18(21)9-15)19-8-14(12-28-19)13-2-5-20(24)23(10-13)16-6-7-27-11-16/h2-5,8-10,12,16,22H,6-7,11H2,1H3. The molecule has 1 atom stereocenters. The lowest BCUT2D eigenvalue weighted by atomic mass is 10.1. The van der Waals surface area contributed by atoms with Crippen LogP contribution in [0.2, 0.25) is 5.02 Å². The Morgan fingerprint density at radius 3 is 2.72 bits per heavy atom. The van der Waals surface area contributed by atoms with Crippen LogP contribution in [0.4, 0.5) is 5.69 Å². The Bertz CT molecular complexity index is 1210. The molecule has 0 amide bonds. The molecule has 1 fully saturated rings. The molecule has 1 saturated heterocycles. The first-order chi connectivity index (χ1) is 13.8. The maximum atomic E-state index is 12.2. The average Bonchev–Trinajstić information content (AvgIpc) is 3.33. The lowest BCUT2D eigenvalue weighted by molar-refractivity contribution is 0.186. The van der Waals surface area contributed by atoms with Crippen LogP contribution in [0.5, 0.6) is 0 Å². The lowest BCUT2D eigenvalue weighted by Gasteiger charge is -2.13. The zero-order valence-corrected chi connectivity index (χ0v) is 18.0. The van der Waals surface area contributed by atoms with Gasteiger partial charge >= 0.3 is 0 Å². The molecule has 1 aliphatic heterocycles. The molecule has 2 aromatic heterocycles. The normalized spacial score (nSPS) is 16.8. The van der Waals surface area contributed by atoms with E-state index in [-0.39, 0.29) is 11.6 Å². The molecular formula is C20H19ClN2O4S2. The summed E-state index contributed by atoms with van der Waals surface area (Å²) in [5.74, 6) is 0. The molecule has 0 aliphatic carbocycles. The molecule has 152 valence electrons. The minimum Gasteiger partial charge on any atom is -0.379 e. The zero-order chi connectivity index (χ0) is 20.6. The summed E-state index contributed by atoms with van der Waals surface area (Å²) in [4.78, 5) is 13.2. The van der Waals surface area contributed by atoms with Gasteiger partial charge in [0.2, 0.25) is 10.0 Å². The van der Waals surface area contributed by atoms with Crippen molar-refractivity contribution in [3.8, 4) is 21.6 Å². The highest BCUT2D eigenvalue weighted by molar-refractivity contribution is 7.92. The summed E-state index contributed by atoms with van der Waals surface area (Å²) < 4.78 is 32.4. The molecule has 6 nitrogen and oxygen atoms in total. The first kappa shape index (κ1) is 20.2. The minimum atomic E-state index is -3.36. The maximum absolute atomic E-state index is 12.2. The van der Waals surface area contributed by atoms with Gasteiger partial charge in [0.25, 0.3) is 5.56 Å². The Labute approximate surface area is 177 Å². The van der Waals surface area contributed by atoms with Gasteiger partial charge < -0.3 is 9.30 Å². The Balaban J connectivity index is 1.64. The quantitative estimate of drug-likeness (QED) is 0.631. The van der Waals surface area contributed by atoms with Gasteiger partial charge in [-0.25, -0.2) is 8.42 Å². The molecule has 29 heavy (non-hydrogen) atoms. The van der Waals surface area contributed by atoms with E-state index in [1.54, 1.807) is 28.8 Å². The fraction of sp³-hybridized carbons (Fsp3) is 0.250. The Hall–Kier alpha value is -2.13. The Morgan fingerprint density at radius 2 is 2.03 bits per heavy atom. The summed E-state index contributed by atoms with van der Waals surface area (Å²) in [6.07, 6.45) is 3.81. The van der Waals surface area contributed by atoms with E-state index >= 15 is 0 Å². The number of pyridine rings is 1. The predicted molar refractivity (Wildman–Crippen MR) is 117 cm³/mol. The van der Waals surface area contributed by atoms with E-state index in [4.69, 9.17) is 16.3 Å². The van der Waals surface area contributed by atoms with E-state index in [0.717, 1.165) is 34.2 Å². The molecule has 1 aliphatic rings. The molecule has 0 saturated carbocycles. The van der Waals surface area contributed by atoms with E-state index < -0.39 is 10.0 Å². The number of hydrogen-bond donors (Lipinski definition) is 1. The number of rotatable bonds is 5. The van der Waals surface area contributed by atoms with Crippen molar-refractivity contribution < 1.29 is 13.2 Å². The van der Waals surface area contributed by atoms with E-state index in [2.05, 4.69) is 4.72 Å². The third kappa shape index (κ3) is 4.56. The van der Waals surface area contributed by atoms with Gasteiger partial charge in [-0.3, -0.25) is 9.52 Å². The summed E-state index contributed by atoms with van der Waals surface area (Å²) in [6, 6.07) is 10.6. The van der Waals surface area contributed by atoms with Crippen molar-refractivity contribution in [1.29, 1.82) is 0 Å². The van der Waals surface area contributed by atoms with E-state index in [1.807, 2.05) is 23.7 Å². The zero-order valence-electron chi connectivity index (χ0n) is 15.6. The number of aromatic nitrogens is 1. The van der Waals surface area contributed by atoms with Crippen molar-refractivity contribution in [3.63, 3.8) is 0 Å². The predicted octanol–water partition coefficient (Wildman–Crippen LogP) is 4.23. The Morgan fingerprint density at radius 1 is 1.21 bits per heavy atom. The van der Waals surface area contributed by atoms with Crippen molar-refractivity contribution in [3.05, 3.63) is 63.4 Å². The van der Waals surface area contributed by atoms with Gasteiger partial charge in [-0.1, -0.05) is 11.6 Å². The second-order valence-electron chi connectivity index (χ2n) is 6.95. The molecule has 1 aromatic carbocycles. The van der Waals surface area contributed by atoms with Crippen molar-refractivity contribution in [2.75, 3.05) is 24.2 Å². The van der Waals surface area contributed by atoms with Gasteiger partial charge in [0.05, 0.1) is 23.9 Å². The van der Waals surface area contributed by atoms with Crippen molar-refractivity contribution in [2.45, 2.75) is 12.5 Å². The highest BCUT2D eigenvalue weighted by atomic mass is 35.5. The number of nitrogens with zero attached hydrogens (tertiary/aromatic N) is 1. The van der Waals surface area contributed by atoms with Gasteiger partial charge in [-0.15, -0.1) is 11.3 Å². The molecule has 3 heterocycles. The molecule has 0 spiro atoms. The van der Waals surface area contributed by atoms with Crippen molar-refractivity contribution in [2.24, 2.45) is 0 Å². The van der Waals surface area contributed by atoms with Crippen LogP contribution in [0.3, 0.4) is 0 Å². The summed E-state index contributed by atoms with van der Waals surface area (Å²) >= 11 is 7.93. The number of thiophene rings is 1. The maximum Gasteiger partial charge on any atom is 0.250 e. The van der Waals surface area contributed by atoms with Gasteiger partial charge in [0.15, 0.2) is 0 Å². The molecular weight excluding hydrogens is 432 g/mol. The summed E-state index contributed by atoms with van der Waals surface area (Å²) in [6.45, 7) is 1.23. The number of hydrogen-bond acceptors (Lipinski definition) is 5. The molecule has 1 unspecified atom stereocenters. The van der Waals surface area contributed by atoms with Gasteiger partial charge in [-0.05, 0) is 53.3 Å². The SMILES string of the molecule is CS(=O)(=O)Nc1ccc(-c2cc(-c3ccc(=O)n(C4CCOC4)c3)cs2)c(Cl)c1. The Kier molecular flexibility index (Phi) is 5.52. The fourth-order valence-corrected chi connectivity index (χ4v) is 5.17. The highest BCUT2D eigenvalue weighted by Crippen LogP contribution is 2.37. The van der Waals surface area contributed by atoms with Crippen LogP contribution in [0.25, 0.3) is 21.6 Å². The number of benzene rings is 1. The number of nitrogens with one attached hydrogen (secondary N) is 1. The van der Waals surface area contributed by atoms with Gasteiger partial charge in [0, 0.05) is 35.0 Å². The lowest BCUT2D eigenvalue weighted by Crippen LogP contribution is -2.23. The van der Waals surface area contributed by atoms with Crippen LogP contribution >= 0.6 is 22.9 Å². The molecule has 0 radical (unpaired) electrons. The van der Waals surface area contributed by atoms with Crippen LogP contribution in [-0.2, 0) is 14.8 Å². The second kappa shape index (κ2) is 7.95. The molecule has 3 aromatic rings. The first-order valence-electron chi connectivity index (χ1n) is 8.97. The van der Waals surface area contributed by atoms with Crippen LogP contribution in [0.15, 0.2) is 52.8 Å². The highest BCUT2D eigenvalue weighted by Gasteiger charge is 2.19. The molecule has 1 N–H and O–H groups in total. The second-order valence-corrected chi connectivity index (χ2v) is 10.0. The van der Waals surface area contributed by atoms with Crippen molar-refractivity contribution in [1.82, 2.24) is 4.57 Å². The van der Waals surface area contributed by atoms with E-state index in [9.17, 15) is 13.2 Å². The van der Waals surface area contributed by atoms with E-state index in [1.165, 1.54) is 11.3 Å². The first-order valence-corrected chi connectivity index (χ1v) is 12.1. The average molecular weight is 451 g/mol. The van der Waals surface area contributed by atoms with Crippen LogP contribution in [-0.4, -0.2) is 32.5 Å². The third-order valence-electron chi connectivity index (χ3n) is 4.71. The number of ether oxygens (including phenoxy) is 1. The number of anilines is 1. The minimum absolute atomic E-state index is 0.0308. The van der Waals surface area contributed by atoms with Crippen LogP contribution in [0, 0.1) is 0 Å². The smallest absolute Gasteiger partial charge is 0.250 e. The van der Waals surface area contributed by atoms with Gasteiger partial charge in [0.1, 0.15) is 0 Å². The summed E-state index contributed by atoms with van der Waals surface area (Å²) in [7, 11) is -3.36. The number of halogens is 1. The largest absolute Gasteiger partial charge is 0.379 e. The van der Waals surface area contributed by atoms with Crippen molar-refractivity contribution >= 4 is 38.6 Å². The van der Waals surface area contributed by atoms with Gasteiger partial charge in [-0.2, -0.15) is 0 Å². The summed E-state index contributed by atoms with van der Waals surface area (Å²) in [5, 5.41) is 2.48. The monoisotopic (exact) mass is 450 g/mol. The number of sulfonamides is 1. The molecule has 0 bridgehead atoms. The third-order valence-corrected chi connectivity index (χ3v) is 6.59. The van der Waals surface area contributed by atoms with E-state index in [0.29, 0.717) is 23.9 Å². The summed E-state index contributed by atoms with van der Waals surface area (Å²) in [5.41, 5.74) is 3.15. The molecule has 9 heteroatoms. The molecule has 4 rings (SSSR count). The fourth-order valence-electron chi connectivity index (χ4n) is 3.32. The van der Waals surface area contributed by atoms with Crippen LogP contribution in [0.1, 0.15) is 12.5 Å². The topological polar surface area (TPSA) is 77.4 Å².